The third-order valence-corrected chi connectivity index (χ3v) is 11.5. The molecule has 4 aliphatic rings. The summed E-state index contributed by atoms with van der Waals surface area (Å²) in [6.07, 6.45) is 21.0. The first kappa shape index (κ1) is 27.4. The molecule has 3 saturated carbocycles. The molecule has 35 heavy (non-hydrogen) atoms. The van der Waals surface area contributed by atoms with Gasteiger partial charge in [-0.05, 0) is 117 Å². The van der Waals surface area contributed by atoms with Crippen LogP contribution in [0.3, 0.4) is 0 Å². The standard InChI is InChI=1S/C33H56O2/c1-23(2)10-9-11-24(3)29-15-16-30-28-14-13-26-22-27(35-21-8-7-12-25(4)34)17-19-32(26,5)31(28)18-20-33(29,30)6/h13,23-24,27-31H,7-12,14-22H2,1-6H3/t24-,27+,28?,29-,30?,31?,32+,33-/m1/s1. The van der Waals surface area contributed by atoms with Gasteiger partial charge in [0.15, 0.2) is 0 Å². The zero-order valence-electron chi connectivity index (χ0n) is 24.0. The number of fused-ring (bicyclic) bond motifs is 5. The average molecular weight is 485 g/mol. The fraction of sp³-hybridized carbons (Fsp3) is 0.909. The quantitative estimate of drug-likeness (QED) is 0.216. The van der Waals surface area contributed by atoms with Crippen molar-refractivity contribution in [3.63, 3.8) is 0 Å². The zero-order chi connectivity index (χ0) is 25.2. The van der Waals surface area contributed by atoms with Gasteiger partial charge in [-0.15, -0.1) is 0 Å². The number of carbonyl (C=O) groups excluding carboxylic acids is 1. The van der Waals surface area contributed by atoms with Crippen LogP contribution in [0.1, 0.15) is 131 Å². The van der Waals surface area contributed by atoms with Crippen LogP contribution >= 0.6 is 0 Å². The highest BCUT2D eigenvalue weighted by molar-refractivity contribution is 5.75. The summed E-state index contributed by atoms with van der Waals surface area (Å²) in [6.45, 7) is 15.2. The van der Waals surface area contributed by atoms with Crippen LogP contribution in [-0.2, 0) is 9.53 Å². The molecule has 0 saturated heterocycles. The maximum absolute atomic E-state index is 11.2. The molecule has 0 aromatic rings. The second kappa shape index (κ2) is 11.4. The smallest absolute Gasteiger partial charge is 0.129 e. The van der Waals surface area contributed by atoms with E-state index in [1.807, 2.05) is 0 Å². The van der Waals surface area contributed by atoms with E-state index in [9.17, 15) is 4.79 Å². The number of ketones is 1. The first-order valence-electron chi connectivity index (χ1n) is 15.5. The first-order chi connectivity index (χ1) is 16.6. The van der Waals surface area contributed by atoms with Crippen molar-refractivity contribution in [1.29, 1.82) is 0 Å². The highest BCUT2D eigenvalue weighted by atomic mass is 16.5. The first-order valence-corrected chi connectivity index (χ1v) is 15.5. The SMILES string of the molecule is CC(=O)CCCCO[C@H]1CC[C@@]2(C)C(=CCC3C2CC[C@@]2(C)C3CC[C@@H]2[C@H](C)CCCC(C)C)C1. The summed E-state index contributed by atoms with van der Waals surface area (Å²) in [5.41, 5.74) is 2.74. The monoisotopic (exact) mass is 484 g/mol. The molecule has 3 fully saturated rings. The summed E-state index contributed by atoms with van der Waals surface area (Å²) in [7, 11) is 0. The lowest BCUT2D eigenvalue weighted by Crippen LogP contribution is -2.51. The summed E-state index contributed by atoms with van der Waals surface area (Å²) >= 11 is 0. The molecule has 0 aromatic carbocycles. The maximum Gasteiger partial charge on any atom is 0.129 e. The third kappa shape index (κ3) is 5.78. The van der Waals surface area contributed by atoms with Crippen LogP contribution in [0.2, 0.25) is 0 Å². The number of hydrogen-bond acceptors (Lipinski definition) is 2. The Kier molecular flexibility index (Phi) is 8.93. The Hall–Kier alpha value is -0.630. The normalized spacial score (nSPS) is 39.5. The molecule has 0 radical (unpaired) electrons. The largest absolute Gasteiger partial charge is 0.378 e. The zero-order valence-corrected chi connectivity index (χ0v) is 24.0. The molecule has 0 heterocycles. The minimum Gasteiger partial charge on any atom is -0.378 e. The number of Topliss-reactive ketones (excluding diaryl/α,β-unsaturated/α-hetero) is 1. The van der Waals surface area contributed by atoms with Crippen molar-refractivity contribution in [2.24, 2.45) is 46.3 Å². The summed E-state index contributed by atoms with van der Waals surface area (Å²) < 4.78 is 6.32. The van der Waals surface area contributed by atoms with E-state index in [4.69, 9.17) is 4.74 Å². The molecule has 200 valence electrons. The summed E-state index contributed by atoms with van der Waals surface area (Å²) in [4.78, 5) is 11.2. The van der Waals surface area contributed by atoms with Gasteiger partial charge in [0.2, 0.25) is 0 Å². The Morgan fingerprint density at radius 2 is 1.80 bits per heavy atom. The van der Waals surface area contributed by atoms with Gasteiger partial charge in [0.05, 0.1) is 6.10 Å². The van der Waals surface area contributed by atoms with E-state index in [2.05, 4.69) is 40.7 Å². The molecule has 0 spiro atoms. The molecule has 3 unspecified atom stereocenters. The van der Waals surface area contributed by atoms with Crippen molar-refractivity contribution in [2.75, 3.05) is 6.61 Å². The Labute approximate surface area is 217 Å². The van der Waals surface area contributed by atoms with Crippen LogP contribution < -0.4 is 0 Å². The van der Waals surface area contributed by atoms with Crippen LogP contribution in [0.4, 0.5) is 0 Å². The van der Waals surface area contributed by atoms with Gasteiger partial charge in [-0.3, -0.25) is 0 Å². The Bertz CT molecular complexity index is 752. The van der Waals surface area contributed by atoms with Crippen molar-refractivity contribution in [3.8, 4) is 0 Å². The Morgan fingerprint density at radius 1 is 1.00 bits per heavy atom. The lowest BCUT2D eigenvalue weighted by molar-refractivity contribution is -0.117. The minimum atomic E-state index is 0.304. The van der Waals surface area contributed by atoms with Crippen LogP contribution in [0.5, 0.6) is 0 Å². The molecule has 0 aliphatic heterocycles. The second-order valence-corrected chi connectivity index (χ2v) is 14.2. The van der Waals surface area contributed by atoms with E-state index >= 15 is 0 Å². The molecule has 4 aliphatic carbocycles. The van der Waals surface area contributed by atoms with Crippen molar-refractivity contribution >= 4 is 5.78 Å². The summed E-state index contributed by atoms with van der Waals surface area (Å²) in [5.74, 6) is 5.76. The van der Waals surface area contributed by atoms with E-state index in [1.165, 1.54) is 64.2 Å². The van der Waals surface area contributed by atoms with Crippen molar-refractivity contribution in [1.82, 2.24) is 0 Å². The summed E-state index contributed by atoms with van der Waals surface area (Å²) in [5, 5.41) is 0. The lowest BCUT2D eigenvalue weighted by atomic mass is 9.47. The summed E-state index contributed by atoms with van der Waals surface area (Å²) in [6, 6.07) is 0. The molecule has 2 nitrogen and oxygen atoms in total. The van der Waals surface area contributed by atoms with Gasteiger partial charge in [-0.25, -0.2) is 0 Å². The van der Waals surface area contributed by atoms with E-state index < -0.39 is 0 Å². The number of hydrogen-bond donors (Lipinski definition) is 0. The van der Waals surface area contributed by atoms with Crippen molar-refractivity contribution < 1.29 is 9.53 Å². The van der Waals surface area contributed by atoms with Gasteiger partial charge in [0, 0.05) is 13.0 Å². The molecule has 0 N–H and O–H groups in total. The molecule has 0 bridgehead atoms. The Balaban J connectivity index is 1.36. The van der Waals surface area contributed by atoms with E-state index in [1.54, 1.807) is 12.5 Å². The number of carbonyl (C=O) groups is 1. The van der Waals surface area contributed by atoms with Gasteiger partial charge >= 0.3 is 0 Å². The molecule has 4 rings (SSSR count). The number of allylic oxidation sites excluding steroid dienone is 1. The minimum absolute atomic E-state index is 0.304. The Morgan fingerprint density at radius 3 is 2.54 bits per heavy atom. The highest BCUT2D eigenvalue weighted by Crippen LogP contribution is 2.67. The fourth-order valence-corrected chi connectivity index (χ4v) is 9.52. The van der Waals surface area contributed by atoms with Crippen molar-refractivity contribution in [3.05, 3.63) is 11.6 Å². The predicted octanol–water partition coefficient (Wildman–Crippen LogP) is 9.17. The van der Waals surface area contributed by atoms with Crippen molar-refractivity contribution in [2.45, 2.75) is 138 Å². The molecule has 0 amide bonds. The van der Waals surface area contributed by atoms with Crippen LogP contribution in [0.15, 0.2) is 11.6 Å². The fourth-order valence-electron chi connectivity index (χ4n) is 9.52. The van der Waals surface area contributed by atoms with Gasteiger partial charge in [0.25, 0.3) is 0 Å². The van der Waals surface area contributed by atoms with E-state index in [0.29, 0.717) is 29.1 Å². The lowest BCUT2D eigenvalue weighted by Gasteiger charge is -2.58. The van der Waals surface area contributed by atoms with Gasteiger partial charge in [-0.2, -0.15) is 0 Å². The average Bonchev–Trinajstić information content (AvgIpc) is 3.15. The molecule has 0 aromatic heterocycles. The third-order valence-electron chi connectivity index (χ3n) is 11.5. The predicted molar refractivity (Wildman–Crippen MR) is 147 cm³/mol. The maximum atomic E-state index is 11.2. The van der Waals surface area contributed by atoms with E-state index in [-0.39, 0.29) is 0 Å². The number of ether oxygens (including phenoxy) is 1. The van der Waals surface area contributed by atoms with Gasteiger partial charge < -0.3 is 9.53 Å². The molecule has 2 heteroatoms. The molecule has 8 atom stereocenters. The molecular formula is C33H56O2. The van der Waals surface area contributed by atoms with Gasteiger partial charge in [0.1, 0.15) is 5.78 Å². The van der Waals surface area contributed by atoms with E-state index in [0.717, 1.165) is 61.4 Å². The second-order valence-electron chi connectivity index (χ2n) is 14.2. The van der Waals surface area contributed by atoms with Gasteiger partial charge in [-0.1, -0.05) is 65.5 Å². The molecular weight excluding hydrogens is 428 g/mol. The topological polar surface area (TPSA) is 26.3 Å². The highest BCUT2D eigenvalue weighted by Gasteiger charge is 2.59. The van der Waals surface area contributed by atoms with Crippen LogP contribution in [0, 0.1) is 46.3 Å². The number of rotatable bonds is 11. The van der Waals surface area contributed by atoms with Crippen LogP contribution in [0.25, 0.3) is 0 Å². The van der Waals surface area contributed by atoms with Crippen LogP contribution in [-0.4, -0.2) is 18.5 Å². The number of unbranched alkanes of at least 4 members (excludes halogenated alkanes) is 1.